The highest BCUT2D eigenvalue weighted by Gasteiger charge is 1.99. The lowest BCUT2D eigenvalue weighted by Crippen LogP contribution is -2.13. The number of benzene rings is 1. The van der Waals surface area contributed by atoms with E-state index in [0.29, 0.717) is 6.42 Å². The Morgan fingerprint density at radius 2 is 2.23 bits per heavy atom. The summed E-state index contributed by atoms with van der Waals surface area (Å²) in [5, 5.41) is 0. The predicted molar refractivity (Wildman–Crippen MR) is 54.0 cm³/mol. The molecule has 0 aliphatic heterocycles. The average molecular weight is 175 g/mol. The van der Waals surface area contributed by atoms with Gasteiger partial charge in [0.15, 0.2) is 0 Å². The second-order valence-corrected chi connectivity index (χ2v) is 3.12. The van der Waals surface area contributed by atoms with Gasteiger partial charge in [0.25, 0.3) is 0 Å². The molecule has 0 saturated carbocycles. The number of carbonyl (C=O) groups is 1. The fourth-order valence-corrected chi connectivity index (χ4v) is 1.15. The van der Waals surface area contributed by atoms with Crippen LogP contribution in [0.1, 0.15) is 18.1 Å². The van der Waals surface area contributed by atoms with Crippen molar-refractivity contribution in [2.24, 2.45) is 5.73 Å². The van der Waals surface area contributed by atoms with E-state index >= 15 is 0 Å². The number of allylic oxidation sites excluding steroid dienone is 1. The zero-order chi connectivity index (χ0) is 9.84. The van der Waals surface area contributed by atoms with Crippen molar-refractivity contribution in [2.75, 3.05) is 0 Å². The Kier molecular flexibility index (Phi) is 2.85. The van der Waals surface area contributed by atoms with Gasteiger partial charge in [-0.05, 0) is 18.1 Å². The number of carbonyl (C=O) groups excluding carboxylic acids is 1. The molecule has 2 heteroatoms. The van der Waals surface area contributed by atoms with Crippen molar-refractivity contribution in [1.29, 1.82) is 0 Å². The largest absolute Gasteiger partial charge is 0.369 e. The second kappa shape index (κ2) is 3.90. The third-order valence-corrected chi connectivity index (χ3v) is 1.80. The van der Waals surface area contributed by atoms with Crippen LogP contribution in [-0.4, -0.2) is 5.91 Å². The van der Waals surface area contributed by atoms with Crippen LogP contribution in [0.25, 0.3) is 5.57 Å². The Morgan fingerprint density at radius 1 is 1.54 bits per heavy atom. The molecule has 1 aromatic carbocycles. The molecular formula is C11H13NO. The van der Waals surface area contributed by atoms with Gasteiger partial charge in [-0.1, -0.05) is 36.4 Å². The Labute approximate surface area is 78.1 Å². The summed E-state index contributed by atoms with van der Waals surface area (Å²) < 4.78 is 0. The number of hydrogen-bond acceptors (Lipinski definition) is 1. The minimum atomic E-state index is -0.307. The molecule has 1 rings (SSSR count). The predicted octanol–water partition coefficient (Wildman–Crippen LogP) is 1.75. The average Bonchev–Trinajstić information content (AvgIpc) is 2.03. The van der Waals surface area contributed by atoms with Crippen LogP contribution < -0.4 is 5.73 Å². The molecule has 0 atom stereocenters. The van der Waals surface area contributed by atoms with E-state index in [9.17, 15) is 4.79 Å². The summed E-state index contributed by atoms with van der Waals surface area (Å²) in [5.74, 6) is -0.307. The summed E-state index contributed by atoms with van der Waals surface area (Å²) in [6, 6.07) is 7.69. The highest BCUT2D eigenvalue weighted by Crippen LogP contribution is 2.13. The minimum absolute atomic E-state index is 0.293. The monoisotopic (exact) mass is 175 g/mol. The topological polar surface area (TPSA) is 43.1 Å². The Morgan fingerprint density at radius 3 is 2.77 bits per heavy atom. The van der Waals surface area contributed by atoms with Crippen LogP contribution in [0, 0.1) is 0 Å². The van der Waals surface area contributed by atoms with Gasteiger partial charge >= 0.3 is 0 Å². The Bertz CT molecular complexity index is 342. The Hall–Kier alpha value is -1.57. The third-order valence-electron chi connectivity index (χ3n) is 1.80. The van der Waals surface area contributed by atoms with E-state index in [4.69, 9.17) is 5.73 Å². The first-order chi connectivity index (χ1) is 6.09. The molecule has 0 aliphatic rings. The molecule has 0 radical (unpaired) electrons. The molecule has 0 saturated heterocycles. The van der Waals surface area contributed by atoms with Crippen molar-refractivity contribution in [2.45, 2.75) is 13.3 Å². The number of primary amides is 1. The van der Waals surface area contributed by atoms with E-state index in [1.54, 1.807) is 0 Å². The molecule has 0 aliphatic carbocycles. The van der Waals surface area contributed by atoms with Gasteiger partial charge in [-0.2, -0.15) is 0 Å². The van der Waals surface area contributed by atoms with Gasteiger partial charge in [0.1, 0.15) is 0 Å². The van der Waals surface area contributed by atoms with Crippen LogP contribution in [0.2, 0.25) is 0 Å². The fourth-order valence-electron chi connectivity index (χ4n) is 1.15. The lowest BCUT2D eigenvalue weighted by molar-refractivity contribution is -0.117. The van der Waals surface area contributed by atoms with Crippen molar-refractivity contribution in [3.63, 3.8) is 0 Å². The second-order valence-electron chi connectivity index (χ2n) is 3.12. The normalized spacial score (nSPS) is 9.62. The van der Waals surface area contributed by atoms with Crippen LogP contribution >= 0.6 is 0 Å². The van der Waals surface area contributed by atoms with Gasteiger partial charge < -0.3 is 5.73 Å². The number of rotatable bonds is 3. The van der Waals surface area contributed by atoms with Gasteiger partial charge in [-0.15, -0.1) is 0 Å². The highest BCUT2D eigenvalue weighted by atomic mass is 16.1. The van der Waals surface area contributed by atoms with E-state index in [-0.39, 0.29) is 5.91 Å². The summed E-state index contributed by atoms with van der Waals surface area (Å²) in [5.41, 5.74) is 8.07. The molecule has 0 aromatic heterocycles. The molecule has 0 spiro atoms. The lowest BCUT2D eigenvalue weighted by Gasteiger charge is -2.02. The maximum atomic E-state index is 10.6. The quantitative estimate of drug-likeness (QED) is 0.747. The zero-order valence-corrected chi connectivity index (χ0v) is 7.71. The van der Waals surface area contributed by atoms with Crippen molar-refractivity contribution in [3.8, 4) is 0 Å². The first-order valence-corrected chi connectivity index (χ1v) is 4.12. The highest BCUT2D eigenvalue weighted by molar-refractivity contribution is 5.77. The van der Waals surface area contributed by atoms with E-state index in [2.05, 4.69) is 6.58 Å². The van der Waals surface area contributed by atoms with Crippen molar-refractivity contribution in [3.05, 3.63) is 42.0 Å². The van der Waals surface area contributed by atoms with Crippen LogP contribution in [0.15, 0.2) is 30.8 Å². The van der Waals surface area contributed by atoms with Crippen LogP contribution in [0.5, 0.6) is 0 Å². The molecule has 1 aromatic rings. The van der Waals surface area contributed by atoms with E-state index in [1.165, 1.54) is 0 Å². The number of nitrogens with two attached hydrogens (primary N) is 1. The summed E-state index contributed by atoms with van der Waals surface area (Å²) in [7, 11) is 0. The summed E-state index contributed by atoms with van der Waals surface area (Å²) >= 11 is 0. The summed E-state index contributed by atoms with van der Waals surface area (Å²) in [4.78, 5) is 10.6. The summed E-state index contributed by atoms with van der Waals surface area (Å²) in [6.45, 7) is 5.76. The van der Waals surface area contributed by atoms with Crippen LogP contribution in [-0.2, 0) is 11.2 Å². The summed E-state index contributed by atoms with van der Waals surface area (Å²) in [6.07, 6.45) is 0.293. The first-order valence-electron chi connectivity index (χ1n) is 4.12. The molecule has 13 heavy (non-hydrogen) atoms. The molecule has 2 N–H and O–H groups in total. The number of amides is 1. The van der Waals surface area contributed by atoms with Gasteiger partial charge in [0.2, 0.25) is 5.91 Å². The molecule has 0 heterocycles. The molecular weight excluding hydrogens is 162 g/mol. The Balaban J connectivity index is 2.91. The van der Waals surface area contributed by atoms with Crippen molar-refractivity contribution < 1.29 is 4.79 Å². The fraction of sp³-hybridized carbons (Fsp3) is 0.182. The standard InChI is InChI=1S/C11H13NO/c1-8(2)10-5-3-4-9(6-10)7-11(12)13/h3-6H,1,7H2,2H3,(H2,12,13). The zero-order valence-electron chi connectivity index (χ0n) is 7.71. The van der Waals surface area contributed by atoms with Crippen molar-refractivity contribution in [1.82, 2.24) is 0 Å². The minimum Gasteiger partial charge on any atom is -0.369 e. The smallest absolute Gasteiger partial charge is 0.221 e. The maximum absolute atomic E-state index is 10.6. The van der Waals surface area contributed by atoms with E-state index in [0.717, 1.165) is 16.7 Å². The van der Waals surface area contributed by atoms with Gasteiger partial charge in [0, 0.05) is 0 Å². The molecule has 68 valence electrons. The van der Waals surface area contributed by atoms with E-state index in [1.807, 2.05) is 31.2 Å². The van der Waals surface area contributed by atoms with Gasteiger partial charge in [0.05, 0.1) is 6.42 Å². The van der Waals surface area contributed by atoms with E-state index < -0.39 is 0 Å². The lowest BCUT2D eigenvalue weighted by atomic mass is 10.0. The molecule has 0 bridgehead atoms. The third kappa shape index (κ3) is 2.75. The van der Waals surface area contributed by atoms with Gasteiger partial charge in [-0.25, -0.2) is 0 Å². The molecule has 1 amide bonds. The van der Waals surface area contributed by atoms with Crippen LogP contribution in [0.3, 0.4) is 0 Å². The maximum Gasteiger partial charge on any atom is 0.221 e. The van der Waals surface area contributed by atoms with Gasteiger partial charge in [-0.3, -0.25) is 4.79 Å². The SMILES string of the molecule is C=C(C)c1cccc(CC(N)=O)c1. The number of hydrogen-bond donors (Lipinski definition) is 1. The van der Waals surface area contributed by atoms with Crippen molar-refractivity contribution >= 4 is 11.5 Å². The molecule has 0 fully saturated rings. The molecule has 0 unspecified atom stereocenters. The van der Waals surface area contributed by atoms with Crippen LogP contribution in [0.4, 0.5) is 0 Å². The molecule has 2 nitrogen and oxygen atoms in total. The first kappa shape index (κ1) is 9.52.